The maximum absolute atomic E-state index is 5.43. The van der Waals surface area contributed by atoms with Gasteiger partial charge in [-0.25, -0.2) is 0 Å². The van der Waals surface area contributed by atoms with Gasteiger partial charge in [0.2, 0.25) is 0 Å². The summed E-state index contributed by atoms with van der Waals surface area (Å²) in [7, 11) is 3.26. The van der Waals surface area contributed by atoms with E-state index in [-0.39, 0.29) is 0 Å². The van der Waals surface area contributed by atoms with Crippen LogP contribution in [0.2, 0.25) is 0 Å². The van der Waals surface area contributed by atoms with Gasteiger partial charge in [0, 0.05) is 11.6 Å². The minimum Gasteiger partial charge on any atom is -0.493 e. The first-order chi connectivity index (χ1) is 11.8. The van der Waals surface area contributed by atoms with E-state index in [0.29, 0.717) is 11.5 Å². The number of rotatable bonds is 6. The highest BCUT2D eigenvalue weighted by molar-refractivity contribution is 7.99. The van der Waals surface area contributed by atoms with Crippen molar-refractivity contribution >= 4 is 11.8 Å². The number of benzene rings is 2. The summed E-state index contributed by atoms with van der Waals surface area (Å²) in [5.41, 5.74) is 1.95. The molecule has 0 aliphatic rings. The monoisotopic (exact) mass is 341 g/mol. The molecule has 0 N–H and O–H groups in total. The molecular weight excluding hydrogens is 322 g/mol. The van der Waals surface area contributed by atoms with Crippen LogP contribution in [0.5, 0.6) is 11.5 Å². The quantitative estimate of drug-likeness (QED) is 0.633. The number of ether oxygens (including phenoxy) is 2. The normalized spacial score (nSPS) is 10.6. The minimum absolute atomic E-state index is 0.676. The fraction of sp³-hybridized carbons (Fsp3) is 0.222. The van der Waals surface area contributed by atoms with E-state index in [1.54, 1.807) is 26.0 Å². The first-order valence-corrected chi connectivity index (χ1v) is 8.63. The van der Waals surface area contributed by atoms with E-state index in [1.165, 1.54) is 0 Å². The van der Waals surface area contributed by atoms with Crippen LogP contribution in [0.4, 0.5) is 0 Å². The van der Waals surface area contributed by atoms with Crippen molar-refractivity contribution in [3.05, 3.63) is 48.5 Å². The van der Waals surface area contributed by atoms with E-state index >= 15 is 0 Å². The highest BCUT2D eigenvalue weighted by atomic mass is 32.2. The second kappa shape index (κ2) is 7.40. The van der Waals surface area contributed by atoms with E-state index < -0.39 is 0 Å². The number of hydrogen-bond donors (Lipinski definition) is 0. The zero-order chi connectivity index (χ0) is 16.9. The largest absolute Gasteiger partial charge is 0.493 e. The molecule has 3 aromatic rings. The molecule has 1 heterocycles. The Bertz CT molecular complexity index is 818. The van der Waals surface area contributed by atoms with Gasteiger partial charge in [-0.05, 0) is 17.9 Å². The topological polar surface area (TPSA) is 49.2 Å². The van der Waals surface area contributed by atoms with Crippen LogP contribution in [0.15, 0.2) is 53.7 Å². The molecule has 3 rings (SSSR count). The molecule has 6 heteroatoms. The molecule has 124 valence electrons. The van der Waals surface area contributed by atoms with Gasteiger partial charge in [0.05, 0.1) is 19.9 Å². The third-order valence-electron chi connectivity index (χ3n) is 3.56. The highest BCUT2D eigenvalue weighted by Gasteiger charge is 2.17. The lowest BCUT2D eigenvalue weighted by Gasteiger charge is -2.13. The van der Waals surface area contributed by atoms with Gasteiger partial charge in [-0.2, -0.15) is 0 Å². The average molecular weight is 341 g/mol. The Labute approximate surface area is 145 Å². The summed E-state index contributed by atoms with van der Waals surface area (Å²) in [6.45, 7) is 2.10. The summed E-state index contributed by atoms with van der Waals surface area (Å²) in [5.74, 6) is 3.09. The van der Waals surface area contributed by atoms with E-state index in [9.17, 15) is 0 Å². The Hall–Kier alpha value is -2.47. The van der Waals surface area contributed by atoms with Gasteiger partial charge in [0.1, 0.15) is 0 Å². The predicted octanol–water partition coefficient (Wildman–Crippen LogP) is 4.06. The van der Waals surface area contributed by atoms with Crippen molar-refractivity contribution in [2.75, 3.05) is 20.0 Å². The first kappa shape index (κ1) is 16.4. The van der Waals surface area contributed by atoms with E-state index in [4.69, 9.17) is 9.47 Å². The zero-order valence-corrected chi connectivity index (χ0v) is 14.7. The van der Waals surface area contributed by atoms with Crippen LogP contribution < -0.4 is 9.47 Å². The predicted molar refractivity (Wildman–Crippen MR) is 96.3 cm³/mol. The van der Waals surface area contributed by atoms with Crippen molar-refractivity contribution in [1.29, 1.82) is 0 Å². The lowest BCUT2D eigenvalue weighted by atomic mass is 10.2. The first-order valence-electron chi connectivity index (χ1n) is 7.64. The number of nitrogens with zero attached hydrogens (tertiary/aromatic N) is 3. The Morgan fingerprint density at radius 2 is 1.71 bits per heavy atom. The summed E-state index contributed by atoms with van der Waals surface area (Å²) < 4.78 is 12.8. The summed E-state index contributed by atoms with van der Waals surface area (Å²) in [6.07, 6.45) is 0. The number of aromatic nitrogens is 3. The van der Waals surface area contributed by atoms with E-state index in [1.807, 2.05) is 53.1 Å². The molecule has 24 heavy (non-hydrogen) atoms. The molecule has 5 nitrogen and oxygen atoms in total. The second-order valence-corrected chi connectivity index (χ2v) is 6.21. The smallest absolute Gasteiger partial charge is 0.196 e. The van der Waals surface area contributed by atoms with E-state index in [2.05, 4.69) is 17.1 Å². The molecule has 0 aliphatic heterocycles. The van der Waals surface area contributed by atoms with E-state index in [0.717, 1.165) is 28.0 Å². The van der Waals surface area contributed by atoms with Crippen LogP contribution in [0, 0.1) is 0 Å². The van der Waals surface area contributed by atoms with Crippen molar-refractivity contribution < 1.29 is 9.47 Å². The lowest BCUT2D eigenvalue weighted by Crippen LogP contribution is -2.01. The summed E-state index contributed by atoms with van der Waals surface area (Å²) >= 11 is 1.65. The molecule has 0 amide bonds. The molecule has 0 spiro atoms. The molecule has 0 aliphatic carbocycles. The van der Waals surface area contributed by atoms with Crippen LogP contribution in [-0.2, 0) is 0 Å². The van der Waals surface area contributed by atoms with Crippen molar-refractivity contribution in [1.82, 2.24) is 14.8 Å². The van der Waals surface area contributed by atoms with Gasteiger partial charge in [0.25, 0.3) is 0 Å². The molecule has 0 saturated carbocycles. The van der Waals surface area contributed by atoms with Crippen LogP contribution >= 0.6 is 11.8 Å². The standard InChI is InChI=1S/C18H19N3O2S/c1-4-24-18-20-19-17(13-8-6-5-7-9-13)21(18)14-10-11-15(22-2)16(12-14)23-3/h5-12H,4H2,1-3H3. The Morgan fingerprint density at radius 1 is 0.958 bits per heavy atom. The summed E-state index contributed by atoms with van der Waals surface area (Å²) in [5, 5.41) is 9.61. The third kappa shape index (κ3) is 3.10. The average Bonchev–Trinajstić information content (AvgIpc) is 3.06. The van der Waals surface area contributed by atoms with Gasteiger partial charge in [0.15, 0.2) is 22.5 Å². The molecule has 0 atom stereocenters. The Kier molecular flexibility index (Phi) is 5.05. The van der Waals surface area contributed by atoms with Crippen LogP contribution in [0.3, 0.4) is 0 Å². The second-order valence-electron chi connectivity index (χ2n) is 4.98. The number of hydrogen-bond acceptors (Lipinski definition) is 5. The summed E-state index contributed by atoms with van der Waals surface area (Å²) in [6, 6.07) is 15.9. The van der Waals surface area contributed by atoms with Gasteiger partial charge in [-0.15, -0.1) is 10.2 Å². The Balaban J connectivity index is 2.17. The highest BCUT2D eigenvalue weighted by Crippen LogP contribution is 2.33. The molecule has 0 radical (unpaired) electrons. The van der Waals surface area contributed by atoms with Crippen LogP contribution in [0.25, 0.3) is 17.1 Å². The van der Waals surface area contributed by atoms with Crippen molar-refractivity contribution in [2.24, 2.45) is 0 Å². The molecule has 0 saturated heterocycles. The zero-order valence-electron chi connectivity index (χ0n) is 13.9. The SMILES string of the molecule is CCSc1nnc(-c2ccccc2)n1-c1ccc(OC)c(OC)c1. The van der Waals surface area contributed by atoms with Crippen molar-refractivity contribution in [3.63, 3.8) is 0 Å². The van der Waals surface area contributed by atoms with Gasteiger partial charge in [-0.1, -0.05) is 49.0 Å². The van der Waals surface area contributed by atoms with Gasteiger partial charge < -0.3 is 9.47 Å². The van der Waals surface area contributed by atoms with Crippen LogP contribution in [-0.4, -0.2) is 34.7 Å². The number of methoxy groups -OCH3 is 2. The number of thioether (sulfide) groups is 1. The maximum Gasteiger partial charge on any atom is 0.196 e. The van der Waals surface area contributed by atoms with Gasteiger partial charge >= 0.3 is 0 Å². The maximum atomic E-state index is 5.43. The van der Waals surface area contributed by atoms with Gasteiger partial charge in [-0.3, -0.25) is 4.57 Å². The minimum atomic E-state index is 0.676. The van der Waals surface area contributed by atoms with Crippen molar-refractivity contribution in [2.45, 2.75) is 12.1 Å². The summed E-state index contributed by atoms with van der Waals surface area (Å²) in [4.78, 5) is 0. The molecule has 1 aromatic heterocycles. The Morgan fingerprint density at radius 3 is 2.38 bits per heavy atom. The fourth-order valence-corrected chi connectivity index (χ4v) is 3.14. The van der Waals surface area contributed by atoms with Crippen molar-refractivity contribution in [3.8, 4) is 28.6 Å². The molecule has 2 aromatic carbocycles. The molecule has 0 fully saturated rings. The van der Waals surface area contributed by atoms with Crippen LogP contribution in [0.1, 0.15) is 6.92 Å². The molecule has 0 bridgehead atoms. The lowest BCUT2D eigenvalue weighted by molar-refractivity contribution is 0.355. The molecule has 0 unspecified atom stereocenters. The third-order valence-corrected chi connectivity index (χ3v) is 4.38. The fourth-order valence-electron chi connectivity index (χ4n) is 2.46. The molecular formula is C18H19N3O2S.